The zero-order chi connectivity index (χ0) is 13.1. The van der Waals surface area contributed by atoms with Crippen LogP contribution in [0, 0.1) is 6.92 Å². The first-order valence-corrected chi connectivity index (χ1v) is 6.22. The Bertz CT molecular complexity index is 572. The molecule has 0 amide bonds. The number of pyridine rings is 1. The molecule has 0 radical (unpaired) electrons. The highest BCUT2D eigenvalue weighted by Gasteiger charge is 2.07. The number of anilines is 3. The molecule has 94 valence electrons. The van der Waals surface area contributed by atoms with E-state index in [9.17, 15) is 0 Å². The van der Waals surface area contributed by atoms with Crippen molar-refractivity contribution in [1.82, 2.24) is 4.98 Å². The maximum atomic E-state index is 5.90. The molecule has 2 rings (SSSR count). The summed E-state index contributed by atoms with van der Waals surface area (Å²) in [5, 5.41) is 3.18. The number of hydrogen-bond acceptors (Lipinski definition) is 4. The van der Waals surface area contributed by atoms with Gasteiger partial charge in [-0.2, -0.15) is 0 Å². The molecule has 1 heterocycles. The number of aromatic nitrogens is 1. The molecule has 0 fully saturated rings. The van der Waals surface area contributed by atoms with Crippen molar-refractivity contribution in [2.45, 2.75) is 6.92 Å². The molecular weight excluding hydrogens is 294 g/mol. The molecule has 0 saturated carbocycles. The van der Waals surface area contributed by atoms with Gasteiger partial charge in [-0.1, -0.05) is 6.07 Å². The van der Waals surface area contributed by atoms with E-state index in [0.29, 0.717) is 11.5 Å². The predicted molar refractivity (Wildman–Crippen MR) is 77.4 cm³/mol. The monoisotopic (exact) mass is 307 g/mol. The summed E-state index contributed by atoms with van der Waals surface area (Å²) in [6, 6.07) is 7.69. The maximum absolute atomic E-state index is 5.90. The summed E-state index contributed by atoms with van der Waals surface area (Å²) in [7, 11) is 1.63. The Kier molecular flexibility index (Phi) is 3.72. The third-order valence-electron chi connectivity index (χ3n) is 2.49. The van der Waals surface area contributed by atoms with Gasteiger partial charge >= 0.3 is 0 Å². The highest BCUT2D eigenvalue weighted by Crippen LogP contribution is 2.30. The Hall–Kier alpha value is -1.75. The first-order chi connectivity index (χ1) is 8.60. The lowest BCUT2D eigenvalue weighted by atomic mass is 10.2. The van der Waals surface area contributed by atoms with E-state index >= 15 is 0 Å². The van der Waals surface area contributed by atoms with E-state index in [4.69, 9.17) is 10.5 Å². The number of methoxy groups -OCH3 is 1. The summed E-state index contributed by atoms with van der Waals surface area (Å²) in [4.78, 5) is 4.24. The van der Waals surface area contributed by atoms with Gasteiger partial charge in [0.05, 0.1) is 18.5 Å². The van der Waals surface area contributed by atoms with Gasteiger partial charge in [-0.15, -0.1) is 0 Å². The van der Waals surface area contributed by atoms with Crippen LogP contribution in [0.25, 0.3) is 0 Å². The Morgan fingerprint density at radius 2 is 2.11 bits per heavy atom. The smallest absolute Gasteiger partial charge is 0.153 e. The Labute approximate surface area is 114 Å². The topological polar surface area (TPSA) is 60.2 Å². The van der Waals surface area contributed by atoms with Gasteiger partial charge in [0.2, 0.25) is 0 Å². The van der Waals surface area contributed by atoms with Gasteiger partial charge < -0.3 is 15.8 Å². The number of nitrogens with zero attached hydrogens (tertiary/aromatic N) is 1. The normalized spacial score (nSPS) is 10.2. The van der Waals surface area contributed by atoms with Crippen molar-refractivity contribution < 1.29 is 4.74 Å². The van der Waals surface area contributed by atoms with Gasteiger partial charge in [0.1, 0.15) is 5.75 Å². The molecule has 0 unspecified atom stereocenters. The molecular formula is C13H14BrN3O. The summed E-state index contributed by atoms with van der Waals surface area (Å²) < 4.78 is 6.14. The number of rotatable bonds is 3. The van der Waals surface area contributed by atoms with Crippen molar-refractivity contribution >= 4 is 33.1 Å². The van der Waals surface area contributed by atoms with Crippen LogP contribution < -0.4 is 15.8 Å². The zero-order valence-corrected chi connectivity index (χ0v) is 11.8. The van der Waals surface area contributed by atoms with Gasteiger partial charge in [0, 0.05) is 10.7 Å². The first kappa shape index (κ1) is 12.7. The number of ether oxygens (including phenoxy) is 1. The van der Waals surface area contributed by atoms with Crippen molar-refractivity contribution in [2.75, 3.05) is 18.2 Å². The van der Waals surface area contributed by atoms with Crippen LogP contribution in [0.4, 0.5) is 17.2 Å². The second-order valence-electron chi connectivity index (χ2n) is 3.92. The standard InChI is InChI=1S/C13H14BrN3O/c1-8-3-4-12(18-2)11(5-8)17-13-10(15)6-9(14)7-16-13/h3-7H,15H2,1-2H3,(H,16,17). The molecule has 5 heteroatoms. The number of hydrogen-bond donors (Lipinski definition) is 2. The molecule has 18 heavy (non-hydrogen) atoms. The fraction of sp³-hybridized carbons (Fsp3) is 0.154. The fourth-order valence-corrected chi connectivity index (χ4v) is 1.96. The van der Waals surface area contributed by atoms with Crippen molar-refractivity contribution in [3.63, 3.8) is 0 Å². The Balaban J connectivity index is 2.36. The van der Waals surface area contributed by atoms with Crippen LogP contribution in [-0.4, -0.2) is 12.1 Å². The quantitative estimate of drug-likeness (QED) is 0.911. The van der Waals surface area contributed by atoms with Crippen LogP contribution in [0.3, 0.4) is 0 Å². The maximum Gasteiger partial charge on any atom is 0.153 e. The van der Waals surface area contributed by atoms with E-state index in [0.717, 1.165) is 21.5 Å². The SMILES string of the molecule is COc1ccc(C)cc1Nc1ncc(Br)cc1N. The molecule has 1 aromatic heterocycles. The molecule has 0 atom stereocenters. The van der Waals surface area contributed by atoms with E-state index in [2.05, 4.69) is 26.2 Å². The number of nitrogens with one attached hydrogen (secondary N) is 1. The Morgan fingerprint density at radius 1 is 1.33 bits per heavy atom. The van der Waals surface area contributed by atoms with Crippen molar-refractivity contribution in [3.8, 4) is 5.75 Å². The van der Waals surface area contributed by atoms with Gasteiger partial charge in [0.15, 0.2) is 5.82 Å². The number of benzene rings is 1. The van der Waals surface area contributed by atoms with E-state index < -0.39 is 0 Å². The minimum Gasteiger partial charge on any atom is -0.495 e. The van der Waals surface area contributed by atoms with E-state index in [1.807, 2.05) is 25.1 Å². The lowest BCUT2D eigenvalue weighted by molar-refractivity contribution is 0.416. The zero-order valence-electron chi connectivity index (χ0n) is 10.2. The lowest BCUT2D eigenvalue weighted by Crippen LogP contribution is -2.01. The van der Waals surface area contributed by atoms with Gasteiger partial charge in [-0.25, -0.2) is 4.98 Å². The lowest BCUT2D eigenvalue weighted by Gasteiger charge is -2.12. The molecule has 0 aliphatic rings. The summed E-state index contributed by atoms with van der Waals surface area (Å²) in [6.07, 6.45) is 1.70. The minimum absolute atomic E-state index is 0.577. The van der Waals surface area contributed by atoms with Crippen LogP contribution >= 0.6 is 15.9 Å². The third-order valence-corrected chi connectivity index (χ3v) is 2.93. The number of nitrogen functional groups attached to an aromatic ring is 1. The summed E-state index contributed by atoms with van der Waals surface area (Å²) >= 11 is 3.33. The van der Waals surface area contributed by atoms with Crippen molar-refractivity contribution in [2.24, 2.45) is 0 Å². The van der Waals surface area contributed by atoms with Crippen molar-refractivity contribution in [1.29, 1.82) is 0 Å². The van der Waals surface area contributed by atoms with Crippen molar-refractivity contribution in [3.05, 3.63) is 40.5 Å². The van der Waals surface area contributed by atoms with E-state index in [1.54, 1.807) is 19.4 Å². The first-order valence-electron chi connectivity index (χ1n) is 5.43. The van der Waals surface area contributed by atoms with Crippen LogP contribution in [0.5, 0.6) is 5.75 Å². The molecule has 0 bridgehead atoms. The molecule has 0 spiro atoms. The molecule has 0 aliphatic carbocycles. The molecule has 1 aromatic carbocycles. The van der Waals surface area contributed by atoms with Gasteiger partial charge in [-0.3, -0.25) is 0 Å². The minimum atomic E-state index is 0.577. The molecule has 4 nitrogen and oxygen atoms in total. The average molecular weight is 308 g/mol. The number of aryl methyl sites for hydroxylation is 1. The molecule has 0 aliphatic heterocycles. The predicted octanol–water partition coefficient (Wildman–Crippen LogP) is 3.49. The fourth-order valence-electron chi connectivity index (χ4n) is 1.61. The molecule has 3 N–H and O–H groups in total. The van der Waals surface area contributed by atoms with Crippen LogP contribution in [0.15, 0.2) is 34.9 Å². The number of halogens is 1. The van der Waals surface area contributed by atoms with Crippen LogP contribution in [-0.2, 0) is 0 Å². The van der Waals surface area contributed by atoms with E-state index in [1.165, 1.54) is 0 Å². The number of nitrogens with two attached hydrogens (primary N) is 1. The van der Waals surface area contributed by atoms with E-state index in [-0.39, 0.29) is 0 Å². The molecule has 2 aromatic rings. The van der Waals surface area contributed by atoms with Crippen LogP contribution in [0.2, 0.25) is 0 Å². The third kappa shape index (κ3) is 2.73. The highest BCUT2D eigenvalue weighted by atomic mass is 79.9. The largest absolute Gasteiger partial charge is 0.495 e. The highest BCUT2D eigenvalue weighted by molar-refractivity contribution is 9.10. The Morgan fingerprint density at radius 3 is 2.78 bits per heavy atom. The summed E-state index contributed by atoms with van der Waals surface area (Å²) in [5.41, 5.74) is 8.46. The summed E-state index contributed by atoms with van der Waals surface area (Å²) in [5.74, 6) is 1.37. The second kappa shape index (κ2) is 5.27. The molecule has 0 saturated heterocycles. The average Bonchev–Trinajstić information content (AvgIpc) is 2.33. The second-order valence-corrected chi connectivity index (χ2v) is 4.84. The summed E-state index contributed by atoms with van der Waals surface area (Å²) in [6.45, 7) is 2.02. The van der Waals surface area contributed by atoms with Crippen LogP contribution in [0.1, 0.15) is 5.56 Å². The van der Waals surface area contributed by atoms with Gasteiger partial charge in [-0.05, 0) is 46.6 Å². The van der Waals surface area contributed by atoms with Gasteiger partial charge in [0.25, 0.3) is 0 Å².